The summed E-state index contributed by atoms with van der Waals surface area (Å²) in [6.45, 7) is 0. The molecule has 0 saturated carbocycles. The topological polar surface area (TPSA) is 108 Å². The summed E-state index contributed by atoms with van der Waals surface area (Å²) in [5, 5.41) is 14.5. The largest absolute Gasteiger partial charge is 0.334 e. The molecule has 2 heterocycles. The van der Waals surface area contributed by atoms with Crippen LogP contribution in [0.4, 0.5) is 5.69 Å². The van der Waals surface area contributed by atoms with Crippen molar-refractivity contribution in [1.82, 2.24) is 20.1 Å². The van der Waals surface area contributed by atoms with Crippen LogP contribution in [-0.4, -0.2) is 25.0 Å². The van der Waals surface area contributed by atoms with Crippen LogP contribution in [0.2, 0.25) is 0 Å². The molecule has 98 valence electrons. The van der Waals surface area contributed by atoms with Crippen molar-refractivity contribution in [2.24, 2.45) is 0 Å². The van der Waals surface area contributed by atoms with E-state index in [9.17, 15) is 10.1 Å². The molecule has 3 aromatic rings. The predicted octanol–water partition coefficient (Wildman–Crippen LogP) is 2.10. The average Bonchev–Trinajstić information content (AvgIpc) is 2.98. The lowest BCUT2D eigenvalue weighted by molar-refractivity contribution is -0.384. The summed E-state index contributed by atoms with van der Waals surface area (Å²) < 4.78 is 5.09. The molecule has 2 aromatic heterocycles. The highest BCUT2D eigenvalue weighted by molar-refractivity contribution is 5.59. The normalized spacial score (nSPS) is 10.4. The molecule has 0 saturated heterocycles. The molecule has 8 nitrogen and oxygen atoms in total. The van der Waals surface area contributed by atoms with Crippen LogP contribution in [0, 0.1) is 10.1 Å². The van der Waals surface area contributed by atoms with Gasteiger partial charge in [0.1, 0.15) is 5.69 Å². The summed E-state index contributed by atoms with van der Waals surface area (Å²) in [4.78, 5) is 22.4. The molecule has 0 unspecified atom stereocenters. The predicted molar refractivity (Wildman–Crippen MR) is 67.4 cm³/mol. The molecule has 0 bridgehead atoms. The molecule has 0 fully saturated rings. The van der Waals surface area contributed by atoms with Crippen molar-refractivity contribution >= 4 is 5.69 Å². The molecule has 0 N–H and O–H groups in total. The zero-order valence-corrected chi connectivity index (χ0v) is 10.0. The van der Waals surface area contributed by atoms with Crippen molar-refractivity contribution in [3.05, 3.63) is 53.0 Å². The number of hydrogen-bond donors (Lipinski definition) is 0. The Kier molecular flexibility index (Phi) is 2.88. The minimum absolute atomic E-state index is 0.0400. The first-order valence-electron chi connectivity index (χ1n) is 5.59. The third-order valence-electron chi connectivity index (χ3n) is 2.52. The van der Waals surface area contributed by atoms with Crippen LogP contribution in [0.1, 0.15) is 0 Å². The number of hydrogen-bond acceptors (Lipinski definition) is 7. The van der Waals surface area contributed by atoms with Gasteiger partial charge in [-0.25, -0.2) is 4.98 Å². The van der Waals surface area contributed by atoms with E-state index in [1.165, 1.54) is 30.7 Å². The van der Waals surface area contributed by atoms with Crippen LogP contribution in [0.15, 0.2) is 47.4 Å². The van der Waals surface area contributed by atoms with Gasteiger partial charge in [-0.15, -0.1) is 0 Å². The highest BCUT2D eigenvalue weighted by atomic mass is 16.6. The van der Waals surface area contributed by atoms with Crippen molar-refractivity contribution in [1.29, 1.82) is 0 Å². The second-order valence-electron chi connectivity index (χ2n) is 3.82. The molecule has 0 spiro atoms. The van der Waals surface area contributed by atoms with E-state index in [1.807, 2.05) is 0 Å². The first-order valence-corrected chi connectivity index (χ1v) is 5.59. The summed E-state index contributed by atoms with van der Waals surface area (Å²) in [5.74, 6) is 0.467. The molecule has 0 radical (unpaired) electrons. The van der Waals surface area contributed by atoms with Crippen LogP contribution in [0.5, 0.6) is 0 Å². The monoisotopic (exact) mass is 269 g/mol. The Morgan fingerprint density at radius 3 is 2.90 bits per heavy atom. The fraction of sp³-hybridized carbons (Fsp3) is 0. The summed E-state index contributed by atoms with van der Waals surface area (Å²) in [6, 6.07) is 5.97. The van der Waals surface area contributed by atoms with Crippen LogP contribution >= 0.6 is 0 Å². The first kappa shape index (κ1) is 11.9. The lowest BCUT2D eigenvalue weighted by atomic mass is 10.2. The number of benzene rings is 1. The Morgan fingerprint density at radius 2 is 2.15 bits per heavy atom. The molecule has 20 heavy (non-hydrogen) atoms. The highest BCUT2D eigenvalue weighted by Gasteiger charge is 2.14. The van der Waals surface area contributed by atoms with E-state index in [1.54, 1.807) is 12.1 Å². The molecule has 1 aromatic carbocycles. The standard InChI is InChI=1S/C12H7N5O3/c18-17(19)9-3-1-2-8(6-9)12-15-11(16-20-12)10-7-13-4-5-14-10/h1-7H. The van der Waals surface area contributed by atoms with Gasteiger partial charge >= 0.3 is 0 Å². The average molecular weight is 269 g/mol. The number of nitro benzene ring substituents is 1. The lowest BCUT2D eigenvalue weighted by Crippen LogP contribution is -1.88. The summed E-state index contributed by atoms with van der Waals surface area (Å²) in [6.07, 6.45) is 4.55. The molecule has 3 rings (SSSR count). The second kappa shape index (κ2) is 4.84. The number of aromatic nitrogens is 4. The number of rotatable bonds is 3. The van der Waals surface area contributed by atoms with Gasteiger partial charge in [-0.2, -0.15) is 4.98 Å². The van der Waals surface area contributed by atoms with E-state index in [0.717, 1.165) is 0 Å². The van der Waals surface area contributed by atoms with Crippen molar-refractivity contribution in [2.45, 2.75) is 0 Å². The third kappa shape index (κ3) is 2.21. The minimum atomic E-state index is -0.483. The number of nitrogens with zero attached hydrogens (tertiary/aromatic N) is 5. The van der Waals surface area contributed by atoms with Gasteiger partial charge in [0.25, 0.3) is 11.6 Å². The Morgan fingerprint density at radius 1 is 1.25 bits per heavy atom. The van der Waals surface area contributed by atoms with Crippen LogP contribution < -0.4 is 0 Å². The summed E-state index contributed by atoms with van der Waals surface area (Å²) >= 11 is 0. The maximum Gasteiger partial charge on any atom is 0.270 e. The quantitative estimate of drug-likeness (QED) is 0.529. The van der Waals surface area contributed by atoms with E-state index in [0.29, 0.717) is 11.3 Å². The molecule has 8 heteroatoms. The maximum absolute atomic E-state index is 10.7. The lowest BCUT2D eigenvalue weighted by Gasteiger charge is -1.94. The zero-order chi connectivity index (χ0) is 13.9. The Labute approximate surface area is 112 Å². The van der Waals surface area contributed by atoms with Gasteiger partial charge in [-0.05, 0) is 6.07 Å². The fourth-order valence-electron chi connectivity index (χ4n) is 1.61. The zero-order valence-electron chi connectivity index (χ0n) is 10.0. The number of nitro groups is 1. The van der Waals surface area contributed by atoms with Gasteiger partial charge in [0.15, 0.2) is 0 Å². The van der Waals surface area contributed by atoms with Gasteiger partial charge in [-0.3, -0.25) is 15.1 Å². The molecular formula is C12H7N5O3. The molecule has 0 aliphatic carbocycles. The Bertz CT molecular complexity index is 757. The van der Waals surface area contributed by atoms with Crippen molar-refractivity contribution in [3.8, 4) is 23.0 Å². The Balaban J connectivity index is 1.98. The van der Waals surface area contributed by atoms with E-state index < -0.39 is 4.92 Å². The molecule has 0 aliphatic rings. The molecule has 0 aliphatic heterocycles. The van der Waals surface area contributed by atoms with E-state index in [-0.39, 0.29) is 17.4 Å². The molecule has 0 atom stereocenters. The van der Waals surface area contributed by atoms with Crippen LogP contribution in [0.25, 0.3) is 23.0 Å². The SMILES string of the molecule is O=[N+]([O-])c1cccc(-c2nc(-c3cnccn3)no2)c1. The third-order valence-corrected chi connectivity index (χ3v) is 2.52. The maximum atomic E-state index is 10.7. The van der Waals surface area contributed by atoms with E-state index in [4.69, 9.17) is 4.52 Å². The van der Waals surface area contributed by atoms with E-state index in [2.05, 4.69) is 20.1 Å². The fourth-order valence-corrected chi connectivity index (χ4v) is 1.61. The van der Waals surface area contributed by atoms with Gasteiger partial charge in [0, 0.05) is 30.1 Å². The summed E-state index contributed by atoms with van der Waals surface area (Å²) in [5.41, 5.74) is 0.900. The van der Waals surface area contributed by atoms with E-state index >= 15 is 0 Å². The summed E-state index contributed by atoms with van der Waals surface area (Å²) in [7, 11) is 0. The van der Waals surface area contributed by atoms with Crippen molar-refractivity contribution in [3.63, 3.8) is 0 Å². The minimum Gasteiger partial charge on any atom is -0.334 e. The first-order chi connectivity index (χ1) is 9.74. The van der Waals surface area contributed by atoms with Gasteiger partial charge in [-0.1, -0.05) is 11.2 Å². The van der Waals surface area contributed by atoms with Gasteiger partial charge < -0.3 is 4.52 Å². The smallest absolute Gasteiger partial charge is 0.270 e. The molecular weight excluding hydrogens is 262 g/mol. The second-order valence-corrected chi connectivity index (χ2v) is 3.82. The number of non-ortho nitro benzene ring substituents is 1. The molecule has 0 amide bonds. The van der Waals surface area contributed by atoms with Gasteiger partial charge in [0.05, 0.1) is 11.1 Å². The van der Waals surface area contributed by atoms with Crippen molar-refractivity contribution < 1.29 is 9.45 Å². The Hall–Kier alpha value is -3.16. The van der Waals surface area contributed by atoms with Crippen LogP contribution in [-0.2, 0) is 0 Å². The van der Waals surface area contributed by atoms with Crippen LogP contribution in [0.3, 0.4) is 0 Å². The van der Waals surface area contributed by atoms with Crippen molar-refractivity contribution in [2.75, 3.05) is 0 Å². The van der Waals surface area contributed by atoms with Gasteiger partial charge in [0.2, 0.25) is 5.82 Å². The highest BCUT2D eigenvalue weighted by Crippen LogP contribution is 2.24.